The summed E-state index contributed by atoms with van der Waals surface area (Å²) in [6.45, 7) is 0.376. The van der Waals surface area contributed by atoms with Gasteiger partial charge in [0.25, 0.3) is 0 Å². The molecular formula is C8H11ClN2O2. The first-order valence-corrected chi connectivity index (χ1v) is 3.51. The highest BCUT2D eigenvalue weighted by molar-refractivity contribution is 5.88. The second-order valence-electron chi connectivity index (χ2n) is 2.23. The van der Waals surface area contributed by atoms with Gasteiger partial charge in [-0.25, -0.2) is 4.79 Å². The predicted octanol–water partition coefficient (Wildman–Crippen LogP) is 0.749. The molecule has 0 saturated heterocycles. The molecule has 0 aliphatic carbocycles. The summed E-state index contributed by atoms with van der Waals surface area (Å²) in [5.41, 5.74) is 6.52. The van der Waals surface area contributed by atoms with Gasteiger partial charge in [-0.2, -0.15) is 0 Å². The fourth-order valence-electron chi connectivity index (χ4n) is 0.784. The van der Waals surface area contributed by atoms with Crippen LogP contribution in [0.2, 0.25) is 0 Å². The summed E-state index contributed by atoms with van der Waals surface area (Å²) in [7, 11) is 1.33. The van der Waals surface area contributed by atoms with Crippen molar-refractivity contribution in [3.05, 3.63) is 29.6 Å². The highest BCUT2D eigenvalue weighted by atomic mass is 35.5. The Morgan fingerprint density at radius 1 is 1.62 bits per heavy atom. The number of carbonyl (C=O) groups excluding carboxylic acids is 1. The van der Waals surface area contributed by atoms with Gasteiger partial charge < -0.3 is 10.5 Å². The number of methoxy groups -OCH3 is 1. The van der Waals surface area contributed by atoms with Crippen molar-refractivity contribution in [3.8, 4) is 0 Å². The summed E-state index contributed by atoms with van der Waals surface area (Å²) >= 11 is 0. The van der Waals surface area contributed by atoms with Crippen molar-refractivity contribution in [2.24, 2.45) is 5.73 Å². The molecule has 4 nitrogen and oxygen atoms in total. The number of nitrogens with zero attached hydrogens (tertiary/aromatic N) is 1. The van der Waals surface area contributed by atoms with E-state index in [-0.39, 0.29) is 18.4 Å². The van der Waals surface area contributed by atoms with Crippen LogP contribution in [0.1, 0.15) is 16.1 Å². The van der Waals surface area contributed by atoms with Crippen molar-refractivity contribution in [1.82, 2.24) is 4.98 Å². The number of halogens is 1. The number of aromatic nitrogens is 1. The van der Waals surface area contributed by atoms with Gasteiger partial charge >= 0.3 is 5.97 Å². The number of esters is 1. The lowest BCUT2D eigenvalue weighted by molar-refractivity contribution is 0.0600. The molecule has 0 unspecified atom stereocenters. The number of hydrogen-bond donors (Lipinski definition) is 1. The number of ether oxygens (including phenoxy) is 1. The molecule has 0 aliphatic rings. The molecule has 1 aromatic rings. The topological polar surface area (TPSA) is 65.2 Å². The van der Waals surface area contributed by atoms with E-state index in [1.807, 2.05) is 0 Å². The minimum Gasteiger partial charge on any atom is -0.465 e. The lowest BCUT2D eigenvalue weighted by Crippen LogP contribution is -2.04. The third kappa shape index (κ3) is 3.01. The highest BCUT2D eigenvalue weighted by Crippen LogP contribution is 2.00. The van der Waals surface area contributed by atoms with Crippen LogP contribution < -0.4 is 5.73 Å². The van der Waals surface area contributed by atoms with Crippen LogP contribution in [0.15, 0.2) is 18.3 Å². The third-order valence-corrected chi connectivity index (χ3v) is 1.45. The van der Waals surface area contributed by atoms with Gasteiger partial charge in [0.05, 0.1) is 18.4 Å². The molecule has 0 aliphatic heterocycles. The largest absolute Gasteiger partial charge is 0.465 e. The number of hydrogen-bond acceptors (Lipinski definition) is 4. The van der Waals surface area contributed by atoms with Crippen molar-refractivity contribution in [2.45, 2.75) is 6.54 Å². The fraction of sp³-hybridized carbons (Fsp3) is 0.250. The van der Waals surface area contributed by atoms with E-state index in [1.54, 1.807) is 12.1 Å². The Morgan fingerprint density at radius 3 is 2.69 bits per heavy atom. The molecule has 1 heterocycles. The van der Waals surface area contributed by atoms with Gasteiger partial charge in [0, 0.05) is 12.7 Å². The zero-order valence-electron chi connectivity index (χ0n) is 7.19. The second-order valence-corrected chi connectivity index (χ2v) is 2.23. The van der Waals surface area contributed by atoms with Crippen LogP contribution in [0.3, 0.4) is 0 Å². The standard InChI is InChI=1S/C8H10N2O2.ClH/c1-12-8(11)6-2-3-7(4-9)10-5-6;/h2-3,5H,4,9H2,1H3;1H. The highest BCUT2D eigenvalue weighted by Gasteiger charge is 2.03. The molecule has 72 valence electrons. The third-order valence-electron chi connectivity index (χ3n) is 1.45. The zero-order valence-corrected chi connectivity index (χ0v) is 8.00. The first kappa shape index (κ1) is 11.9. The van der Waals surface area contributed by atoms with Crippen LogP contribution in [0, 0.1) is 0 Å². The lowest BCUT2D eigenvalue weighted by atomic mass is 10.2. The van der Waals surface area contributed by atoms with Gasteiger partial charge in [-0.3, -0.25) is 4.98 Å². The van der Waals surface area contributed by atoms with Crippen molar-refractivity contribution < 1.29 is 9.53 Å². The van der Waals surface area contributed by atoms with Crippen LogP contribution in [0.25, 0.3) is 0 Å². The van der Waals surface area contributed by atoms with Gasteiger partial charge in [-0.05, 0) is 12.1 Å². The summed E-state index contributed by atoms with van der Waals surface area (Å²) in [6, 6.07) is 3.34. The zero-order chi connectivity index (χ0) is 8.97. The van der Waals surface area contributed by atoms with Gasteiger partial charge in [-0.15, -0.1) is 12.4 Å². The van der Waals surface area contributed by atoms with E-state index in [2.05, 4.69) is 9.72 Å². The molecule has 0 aromatic carbocycles. The molecule has 0 atom stereocenters. The molecule has 0 saturated carbocycles. The molecule has 0 amide bonds. The van der Waals surface area contributed by atoms with E-state index in [1.165, 1.54) is 13.3 Å². The maximum atomic E-state index is 10.9. The Kier molecular flexibility index (Phi) is 5.03. The molecule has 1 rings (SSSR count). The van der Waals surface area contributed by atoms with E-state index in [0.717, 1.165) is 5.69 Å². The normalized spacial score (nSPS) is 8.77. The first-order chi connectivity index (χ1) is 5.77. The van der Waals surface area contributed by atoms with E-state index in [4.69, 9.17) is 5.73 Å². The Morgan fingerprint density at radius 2 is 2.31 bits per heavy atom. The van der Waals surface area contributed by atoms with Crippen LogP contribution in [0.5, 0.6) is 0 Å². The van der Waals surface area contributed by atoms with E-state index in [0.29, 0.717) is 12.1 Å². The maximum Gasteiger partial charge on any atom is 0.339 e. The summed E-state index contributed by atoms with van der Waals surface area (Å²) in [5.74, 6) is -0.383. The van der Waals surface area contributed by atoms with Crippen LogP contribution in [-0.4, -0.2) is 18.1 Å². The van der Waals surface area contributed by atoms with Crippen molar-refractivity contribution in [3.63, 3.8) is 0 Å². The molecule has 13 heavy (non-hydrogen) atoms. The summed E-state index contributed by atoms with van der Waals surface area (Å²) in [6.07, 6.45) is 1.45. The van der Waals surface area contributed by atoms with E-state index in [9.17, 15) is 4.79 Å². The summed E-state index contributed by atoms with van der Waals surface area (Å²) in [5, 5.41) is 0. The maximum absolute atomic E-state index is 10.9. The van der Waals surface area contributed by atoms with Crippen molar-refractivity contribution in [2.75, 3.05) is 7.11 Å². The van der Waals surface area contributed by atoms with Crippen LogP contribution in [0.4, 0.5) is 0 Å². The average Bonchev–Trinajstić information content (AvgIpc) is 2.17. The molecule has 1 aromatic heterocycles. The number of nitrogens with two attached hydrogens (primary N) is 1. The molecule has 0 radical (unpaired) electrons. The van der Waals surface area contributed by atoms with Gasteiger partial charge in [0.2, 0.25) is 0 Å². The van der Waals surface area contributed by atoms with Crippen molar-refractivity contribution in [1.29, 1.82) is 0 Å². The molecule has 2 N–H and O–H groups in total. The van der Waals surface area contributed by atoms with Gasteiger partial charge in [-0.1, -0.05) is 0 Å². The molecule has 5 heteroatoms. The molecule has 0 bridgehead atoms. The lowest BCUT2D eigenvalue weighted by Gasteiger charge is -1.98. The number of carbonyl (C=O) groups is 1. The van der Waals surface area contributed by atoms with Crippen LogP contribution in [-0.2, 0) is 11.3 Å². The minimum absolute atomic E-state index is 0. The Hall–Kier alpha value is -1.13. The average molecular weight is 203 g/mol. The van der Waals surface area contributed by atoms with E-state index < -0.39 is 0 Å². The molecular weight excluding hydrogens is 192 g/mol. The summed E-state index contributed by atoms with van der Waals surface area (Å²) in [4.78, 5) is 14.9. The minimum atomic E-state index is -0.383. The number of pyridine rings is 1. The quantitative estimate of drug-likeness (QED) is 0.719. The Balaban J connectivity index is 0.00000144. The summed E-state index contributed by atoms with van der Waals surface area (Å²) < 4.78 is 4.50. The van der Waals surface area contributed by atoms with E-state index >= 15 is 0 Å². The number of rotatable bonds is 2. The monoisotopic (exact) mass is 202 g/mol. The molecule has 0 fully saturated rings. The SMILES string of the molecule is COC(=O)c1ccc(CN)nc1.Cl. The van der Waals surface area contributed by atoms with Crippen molar-refractivity contribution >= 4 is 18.4 Å². The predicted molar refractivity (Wildman–Crippen MR) is 50.7 cm³/mol. The second kappa shape index (κ2) is 5.50. The van der Waals surface area contributed by atoms with Gasteiger partial charge in [0.1, 0.15) is 0 Å². The first-order valence-electron chi connectivity index (χ1n) is 3.51. The molecule has 0 spiro atoms. The van der Waals surface area contributed by atoms with Crippen LogP contribution >= 0.6 is 12.4 Å². The Labute approximate surface area is 82.5 Å². The van der Waals surface area contributed by atoms with Gasteiger partial charge in [0.15, 0.2) is 0 Å². The fourth-order valence-corrected chi connectivity index (χ4v) is 0.784. The smallest absolute Gasteiger partial charge is 0.339 e. The Bertz CT molecular complexity index is 274.